The number of aromatic nitrogens is 4. The molecule has 0 saturated heterocycles. The lowest BCUT2D eigenvalue weighted by Gasteiger charge is -2.21. The predicted molar refractivity (Wildman–Crippen MR) is 106 cm³/mol. The number of aryl methyl sites for hydroxylation is 2. The Labute approximate surface area is 162 Å². The van der Waals surface area contributed by atoms with Crippen LogP contribution in [0.1, 0.15) is 23.6 Å². The van der Waals surface area contributed by atoms with Gasteiger partial charge in [0.15, 0.2) is 0 Å². The van der Waals surface area contributed by atoms with Gasteiger partial charge < -0.3 is 4.90 Å². The van der Waals surface area contributed by atoms with Gasteiger partial charge >= 0.3 is 0 Å². The van der Waals surface area contributed by atoms with Crippen molar-refractivity contribution in [2.24, 2.45) is 0 Å². The van der Waals surface area contributed by atoms with Crippen LogP contribution in [-0.4, -0.2) is 37.9 Å². The van der Waals surface area contributed by atoms with Crippen LogP contribution in [0.15, 0.2) is 47.6 Å². The molecule has 1 atom stereocenters. The van der Waals surface area contributed by atoms with E-state index in [0.29, 0.717) is 5.16 Å². The zero-order valence-corrected chi connectivity index (χ0v) is 16.4. The van der Waals surface area contributed by atoms with Gasteiger partial charge in [0, 0.05) is 12.2 Å². The zero-order chi connectivity index (χ0) is 19.0. The van der Waals surface area contributed by atoms with Crippen molar-refractivity contribution >= 4 is 23.4 Å². The third-order valence-electron chi connectivity index (χ3n) is 4.80. The molecule has 138 valence electrons. The summed E-state index contributed by atoms with van der Waals surface area (Å²) >= 11 is 1.39. The first-order valence-electron chi connectivity index (χ1n) is 8.96. The lowest BCUT2D eigenvalue weighted by molar-refractivity contribution is -0.117. The molecule has 7 heteroatoms. The molecular weight excluding hydrogens is 358 g/mol. The van der Waals surface area contributed by atoms with E-state index >= 15 is 0 Å². The fraction of sp³-hybridized carbons (Fsp3) is 0.300. The Morgan fingerprint density at radius 3 is 2.78 bits per heavy atom. The van der Waals surface area contributed by atoms with E-state index in [9.17, 15) is 4.79 Å². The van der Waals surface area contributed by atoms with Crippen LogP contribution in [0.25, 0.3) is 5.69 Å². The molecule has 2 aromatic carbocycles. The van der Waals surface area contributed by atoms with Crippen molar-refractivity contribution < 1.29 is 4.79 Å². The molecule has 0 fully saturated rings. The van der Waals surface area contributed by atoms with Crippen molar-refractivity contribution in [3.63, 3.8) is 0 Å². The number of carbonyl (C=O) groups excluding carboxylic acids is 1. The summed E-state index contributed by atoms with van der Waals surface area (Å²) in [5.41, 5.74) is 5.46. The lowest BCUT2D eigenvalue weighted by Crippen LogP contribution is -2.35. The van der Waals surface area contributed by atoms with Gasteiger partial charge in [-0.2, -0.15) is 4.68 Å². The highest BCUT2D eigenvalue weighted by Gasteiger charge is 2.29. The average Bonchev–Trinajstić information content (AvgIpc) is 3.28. The summed E-state index contributed by atoms with van der Waals surface area (Å²) in [6, 6.07) is 14.2. The first kappa shape index (κ1) is 17.7. The summed E-state index contributed by atoms with van der Waals surface area (Å²) in [6.07, 6.45) is 0.902. The number of benzene rings is 2. The molecule has 6 nitrogen and oxygen atoms in total. The van der Waals surface area contributed by atoms with Crippen LogP contribution in [0.2, 0.25) is 0 Å². The van der Waals surface area contributed by atoms with Crippen LogP contribution in [0.4, 0.5) is 5.69 Å². The average molecular weight is 379 g/mol. The van der Waals surface area contributed by atoms with Gasteiger partial charge in [-0.25, -0.2) is 0 Å². The summed E-state index contributed by atoms with van der Waals surface area (Å²) in [6.45, 7) is 6.73. The minimum atomic E-state index is -0.285. The summed E-state index contributed by atoms with van der Waals surface area (Å²) < 4.78 is 1.71. The SMILES string of the molecule is Cc1ccc(-n2nnnc2S[C@@H](C)C(=O)N2CCc3ccccc32)c(C)c1. The van der Waals surface area contributed by atoms with E-state index in [2.05, 4.69) is 34.6 Å². The second-order valence-corrected chi connectivity index (χ2v) is 8.10. The molecule has 0 spiro atoms. The van der Waals surface area contributed by atoms with Crippen LogP contribution in [0, 0.1) is 13.8 Å². The summed E-state index contributed by atoms with van der Waals surface area (Å²) in [4.78, 5) is 14.9. The predicted octanol–water partition coefficient (Wildman–Crippen LogP) is 3.35. The van der Waals surface area contributed by atoms with E-state index in [1.807, 2.05) is 49.1 Å². The van der Waals surface area contributed by atoms with Crippen LogP contribution < -0.4 is 4.90 Å². The number of nitrogens with zero attached hydrogens (tertiary/aromatic N) is 5. The minimum absolute atomic E-state index is 0.0835. The molecule has 1 aliphatic rings. The molecule has 1 aromatic heterocycles. The maximum absolute atomic E-state index is 13.0. The lowest BCUT2D eigenvalue weighted by atomic mass is 10.1. The first-order chi connectivity index (χ1) is 13.0. The maximum Gasteiger partial charge on any atom is 0.240 e. The van der Waals surface area contributed by atoms with Gasteiger partial charge in [0.05, 0.1) is 10.9 Å². The molecule has 1 amide bonds. The molecule has 1 aliphatic heterocycles. The molecule has 4 rings (SSSR count). The number of fused-ring (bicyclic) bond motifs is 1. The summed E-state index contributed by atoms with van der Waals surface area (Å²) in [5, 5.41) is 12.4. The topological polar surface area (TPSA) is 63.9 Å². The van der Waals surface area contributed by atoms with Crippen molar-refractivity contribution in [3.8, 4) is 5.69 Å². The molecule has 0 aliphatic carbocycles. The van der Waals surface area contributed by atoms with Crippen molar-refractivity contribution in [3.05, 3.63) is 59.2 Å². The number of carbonyl (C=O) groups is 1. The Morgan fingerprint density at radius 1 is 1.15 bits per heavy atom. The Morgan fingerprint density at radius 2 is 1.96 bits per heavy atom. The van der Waals surface area contributed by atoms with Gasteiger partial charge in [0.25, 0.3) is 0 Å². The molecule has 2 heterocycles. The molecule has 3 aromatic rings. The largest absolute Gasteiger partial charge is 0.311 e. The zero-order valence-electron chi connectivity index (χ0n) is 15.6. The van der Waals surface area contributed by atoms with Crippen LogP contribution >= 0.6 is 11.8 Å². The monoisotopic (exact) mass is 379 g/mol. The molecule has 0 unspecified atom stereocenters. The second kappa shape index (κ2) is 7.15. The molecule has 27 heavy (non-hydrogen) atoms. The number of tetrazole rings is 1. The van der Waals surface area contributed by atoms with Crippen molar-refractivity contribution in [2.45, 2.75) is 37.6 Å². The fourth-order valence-electron chi connectivity index (χ4n) is 3.44. The number of amides is 1. The molecule has 0 N–H and O–H groups in total. The first-order valence-corrected chi connectivity index (χ1v) is 9.84. The van der Waals surface area contributed by atoms with Gasteiger partial charge in [-0.1, -0.05) is 47.7 Å². The number of rotatable bonds is 4. The molecular formula is C20H21N5OS. The maximum atomic E-state index is 13.0. The quantitative estimate of drug-likeness (QED) is 0.651. The van der Waals surface area contributed by atoms with Gasteiger partial charge in [-0.15, -0.1) is 5.10 Å². The van der Waals surface area contributed by atoms with Gasteiger partial charge in [-0.05, 0) is 60.9 Å². The number of para-hydroxylation sites is 1. The Kier molecular flexibility index (Phi) is 4.70. The van der Waals surface area contributed by atoms with Crippen molar-refractivity contribution in [2.75, 3.05) is 11.4 Å². The molecule has 0 saturated carbocycles. The van der Waals surface area contributed by atoms with E-state index in [1.54, 1.807) is 4.68 Å². The summed E-state index contributed by atoms with van der Waals surface area (Å²) in [5.74, 6) is 0.0835. The van der Waals surface area contributed by atoms with Crippen LogP contribution in [0.5, 0.6) is 0 Å². The third-order valence-corrected chi connectivity index (χ3v) is 5.83. The van der Waals surface area contributed by atoms with Gasteiger partial charge in [0.2, 0.25) is 11.1 Å². The fourth-order valence-corrected chi connectivity index (χ4v) is 4.30. The highest BCUT2D eigenvalue weighted by molar-refractivity contribution is 8.00. The standard InChI is InChI=1S/C20H21N5OS/c1-13-8-9-17(14(2)12-13)25-20(21-22-23-25)27-15(3)19(26)24-11-10-16-6-4-5-7-18(16)24/h4-9,12,15H,10-11H2,1-3H3/t15-/m0/s1. The van der Waals surface area contributed by atoms with Crippen molar-refractivity contribution in [1.29, 1.82) is 0 Å². The Balaban J connectivity index is 1.55. The second-order valence-electron chi connectivity index (χ2n) is 6.79. The number of hydrogen-bond acceptors (Lipinski definition) is 5. The smallest absolute Gasteiger partial charge is 0.240 e. The van der Waals surface area contributed by atoms with E-state index in [4.69, 9.17) is 0 Å². The number of hydrogen-bond donors (Lipinski definition) is 0. The van der Waals surface area contributed by atoms with Crippen LogP contribution in [-0.2, 0) is 11.2 Å². The Hall–Kier alpha value is -2.67. The highest BCUT2D eigenvalue weighted by Crippen LogP contribution is 2.31. The third kappa shape index (κ3) is 3.35. The van der Waals surface area contributed by atoms with E-state index < -0.39 is 0 Å². The number of anilines is 1. The Bertz CT molecular complexity index is 1000. The number of thioether (sulfide) groups is 1. The van der Waals surface area contributed by atoms with E-state index in [-0.39, 0.29) is 11.2 Å². The molecule has 0 radical (unpaired) electrons. The van der Waals surface area contributed by atoms with E-state index in [1.165, 1.54) is 22.9 Å². The highest BCUT2D eigenvalue weighted by atomic mass is 32.2. The van der Waals surface area contributed by atoms with Crippen molar-refractivity contribution in [1.82, 2.24) is 20.2 Å². The minimum Gasteiger partial charge on any atom is -0.311 e. The van der Waals surface area contributed by atoms with Gasteiger partial charge in [0.1, 0.15) is 0 Å². The van der Waals surface area contributed by atoms with E-state index in [0.717, 1.165) is 29.9 Å². The summed E-state index contributed by atoms with van der Waals surface area (Å²) in [7, 11) is 0. The van der Waals surface area contributed by atoms with Crippen LogP contribution in [0.3, 0.4) is 0 Å². The van der Waals surface area contributed by atoms with Gasteiger partial charge in [-0.3, -0.25) is 4.79 Å². The molecule has 0 bridgehead atoms. The normalized spacial score (nSPS) is 14.3.